The van der Waals surface area contributed by atoms with Crippen LogP contribution in [0.25, 0.3) is 21.9 Å². The van der Waals surface area contributed by atoms with Crippen LogP contribution in [0.5, 0.6) is 0 Å². The van der Waals surface area contributed by atoms with Crippen LogP contribution in [-0.2, 0) is 0 Å². The molecule has 0 amide bonds. The minimum Gasteiger partial charge on any atom is -0.264 e. The molecule has 3 aromatic rings. The van der Waals surface area contributed by atoms with E-state index in [1.165, 1.54) is 10.9 Å². The van der Waals surface area contributed by atoms with Gasteiger partial charge in [-0.2, -0.15) is 0 Å². The van der Waals surface area contributed by atoms with E-state index >= 15 is 0 Å². The molecule has 2 heterocycles. The molecule has 2 aromatic heterocycles. The van der Waals surface area contributed by atoms with Gasteiger partial charge in [0.05, 0.1) is 0 Å². The molecule has 0 fully saturated rings. The number of nitrogens with zero attached hydrogens (tertiary/aromatic N) is 2. The molecule has 0 atom stereocenters. The first-order valence-electron chi connectivity index (χ1n) is 5.18. The second-order valence-corrected chi connectivity index (χ2v) is 3.65. The van der Waals surface area contributed by atoms with Gasteiger partial charge < -0.3 is 0 Å². The van der Waals surface area contributed by atoms with Crippen molar-refractivity contribution in [2.24, 2.45) is 0 Å². The largest absolute Gasteiger partial charge is 0.264 e. The normalized spacial score (nSPS) is 10.5. The lowest BCUT2D eigenvalue weighted by atomic mass is 10.0. The summed E-state index contributed by atoms with van der Waals surface area (Å²) < 4.78 is 0. The topological polar surface area (TPSA) is 25.8 Å². The summed E-state index contributed by atoms with van der Waals surface area (Å²) in [6.45, 7) is 0. The predicted octanol–water partition coefficient (Wildman–Crippen LogP) is 3.30. The highest BCUT2D eigenvalue weighted by molar-refractivity contribution is 5.95. The van der Waals surface area contributed by atoms with Crippen molar-refractivity contribution in [2.75, 3.05) is 0 Å². The summed E-state index contributed by atoms with van der Waals surface area (Å²) in [4.78, 5) is 8.36. The summed E-state index contributed by atoms with van der Waals surface area (Å²) in [7, 11) is 0. The van der Waals surface area contributed by atoms with Crippen molar-refractivity contribution >= 4 is 10.8 Å². The Balaban J connectivity index is 2.32. The van der Waals surface area contributed by atoms with E-state index in [0.29, 0.717) is 0 Å². The van der Waals surface area contributed by atoms with Gasteiger partial charge in [0.2, 0.25) is 0 Å². The Morgan fingerprint density at radius 1 is 0.750 bits per heavy atom. The van der Waals surface area contributed by atoms with E-state index in [-0.39, 0.29) is 0 Å². The average Bonchev–Trinajstić information content (AvgIpc) is 2.39. The first-order valence-corrected chi connectivity index (χ1v) is 5.18. The Morgan fingerprint density at radius 2 is 1.56 bits per heavy atom. The minimum absolute atomic E-state index is 1.07. The number of rotatable bonds is 1. The van der Waals surface area contributed by atoms with Crippen LogP contribution in [0.3, 0.4) is 0 Å². The molecule has 0 aliphatic heterocycles. The highest BCUT2D eigenvalue weighted by Gasteiger charge is 2.02. The van der Waals surface area contributed by atoms with Crippen LogP contribution in [0.15, 0.2) is 61.2 Å². The van der Waals surface area contributed by atoms with Gasteiger partial charge in [0.15, 0.2) is 0 Å². The maximum Gasteiger partial charge on any atom is 0.0362 e. The number of benzene rings is 1. The highest BCUT2D eigenvalue weighted by Crippen LogP contribution is 2.26. The van der Waals surface area contributed by atoms with E-state index in [2.05, 4.69) is 22.1 Å². The third kappa shape index (κ3) is 1.44. The summed E-state index contributed by atoms with van der Waals surface area (Å²) in [5, 5.41) is 2.26. The summed E-state index contributed by atoms with van der Waals surface area (Å²) in [5.41, 5.74) is 2.34. The second kappa shape index (κ2) is 3.74. The molecule has 0 saturated carbocycles. The standard InChI is InChI=1S/C14H10N2/c1-2-4-11(5-3-1)14-10-16-9-12-8-15-7-6-13(12)14/h1-10H. The zero-order valence-electron chi connectivity index (χ0n) is 8.67. The van der Waals surface area contributed by atoms with Crippen LogP contribution in [-0.4, -0.2) is 9.97 Å². The molecule has 1 aromatic carbocycles. The molecule has 0 aliphatic rings. The zero-order chi connectivity index (χ0) is 10.8. The van der Waals surface area contributed by atoms with Crippen LogP contribution >= 0.6 is 0 Å². The maximum absolute atomic E-state index is 4.25. The Labute approximate surface area is 93.6 Å². The third-order valence-corrected chi connectivity index (χ3v) is 2.64. The Hall–Kier alpha value is -2.22. The Kier molecular flexibility index (Phi) is 2.11. The number of fused-ring (bicyclic) bond motifs is 1. The van der Waals surface area contributed by atoms with Crippen molar-refractivity contribution in [3.8, 4) is 11.1 Å². The molecule has 2 heteroatoms. The lowest BCUT2D eigenvalue weighted by Gasteiger charge is -2.04. The number of pyridine rings is 2. The van der Waals surface area contributed by atoms with Crippen molar-refractivity contribution in [1.29, 1.82) is 0 Å². The van der Waals surface area contributed by atoms with Crippen LogP contribution in [0.4, 0.5) is 0 Å². The molecule has 0 unspecified atom stereocenters. The molecule has 16 heavy (non-hydrogen) atoms. The maximum atomic E-state index is 4.25. The van der Waals surface area contributed by atoms with Gasteiger partial charge in [0.1, 0.15) is 0 Å². The highest BCUT2D eigenvalue weighted by atomic mass is 14.7. The quantitative estimate of drug-likeness (QED) is 0.610. The van der Waals surface area contributed by atoms with Crippen LogP contribution in [0.2, 0.25) is 0 Å². The van der Waals surface area contributed by atoms with Crippen molar-refractivity contribution in [3.63, 3.8) is 0 Å². The van der Waals surface area contributed by atoms with Gasteiger partial charge in [-0.3, -0.25) is 9.97 Å². The molecule has 0 bridgehead atoms. The smallest absolute Gasteiger partial charge is 0.0362 e. The summed E-state index contributed by atoms with van der Waals surface area (Å²) in [6.07, 6.45) is 7.40. The van der Waals surface area contributed by atoms with Gasteiger partial charge in [0.25, 0.3) is 0 Å². The van der Waals surface area contributed by atoms with Gasteiger partial charge >= 0.3 is 0 Å². The molecule has 76 valence electrons. The lowest BCUT2D eigenvalue weighted by molar-refractivity contribution is 1.32. The van der Waals surface area contributed by atoms with Crippen molar-refractivity contribution in [1.82, 2.24) is 9.97 Å². The summed E-state index contributed by atoms with van der Waals surface area (Å²) in [5.74, 6) is 0. The fourth-order valence-electron chi connectivity index (χ4n) is 1.86. The summed E-state index contributed by atoms with van der Waals surface area (Å²) in [6, 6.07) is 12.3. The van der Waals surface area contributed by atoms with Gasteiger partial charge in [-0.25, -0.2) is 0 Å². The average molecular weight is 206 g/mol. The minimum atomic E-state index is 1.07. The van der Waals surface area contributed by atoms with Crippen molar-refractivity contribution < 1.29 is 0 Å². The Morgan fingerprint density at radius 3 is 2.44 bits per heavy atom. The number of aromatic nitrogens is 2. The monoisotopic (exact) mass is 206 g/mol. The van der Waals surface area contributed by atoms with E-state index in [4.69, 9.17) is 0 Å². The van der Waals surface area contributed by atoms with E-state index in [9.17, 15) is 0 Å². The second-order valence-electron chi connectivity index (χ2n) is 3.65. The third-order valence-electron chi connectivity index (χ3n) is 2.64. The fourth-order valence-corrected chi connectivity index (χ4v) is 1.86. The SMILES string of the molecule is c1ccc(-c2cncc3cnccc23)cc1. The van der Waals surface area contributed by atoms with Crippen molar-refractivity contribution in [3.05, 3.63) is 61.2 Å². The predicted molar refractivity (Wildman–Crippen MR) is 65.0 cm³/mol. The number of hydrogen-bond donors (Lipinski definition) is 0. The first kappa shape index (κ1) is 9.04. The zero-order valence-corrected chi connectivity index (χ0v) is 8.67. The van der Waals surface area contributed by atoms with Gasteiger partial charge in [-0.1, -0.05) is 30.3 Å². The van der Waals surface area contributed by atoms with Crippen molar-refractivity contribution in [2.45, 2.75) is 0 Å². The molecule has 2 nitrogen and oxygen atoms in total. The van der Waals surface area contributed by atoms with E-state index < -0.39 is 0 Å². The van der Waals surface area contributed by atoms with Crippen LogP contribution in [0, 0.1) is 0 Å². The van der Waals surface area contributed by atoms with E-state index in [0.717, 1.165) is 10.9 Å². The molecular formula is C14H10N2. The van der Waals surface area contributed by atoms with Crippen LogP contribution < -0.4 is 0 Å². The molecular weight excluding hydrogens is 196 g/mol. The summed E-state index contributed by atoms with van der Waals surface area (Å²) >= 11 is 0. The lowest BCUT2D eigenvalue weighted by Crippen LogP contribution is -1.84. The fraction of sp³-hybridized carbons (Fsp3) is 0. The van der Waals surface area contributed by atoms with Crippen LogP contribution in [0.1, 0.15) is 0 Å². The van der Waals surface area contributed by atoms with Gasteiger partial charge in [-0.05, 0) is 17.0 Å². The van der Waals surface area contributed by atoms with Gasteiger partial charge in [0, 0.05) is 35.7 Å². The Bertz CT molecular complexity index is 612. The van der Waals surface area contributed by atoms with E-state index in [1.807, 2.05) is 49.1 Å². The molecule has 0 aliphatic carbocycles. The molecule has 0 N–H and O–H groups in total. The molecule has 0 spiro atoms. The molecule has 0 radical (unpaired) electrons. The van der Waals surface area contributed by atoms with E-state index in [1.54, 1.807) is 0 Å². The van der Waals surface area contributed by atoms with Gasteiger partial charge in [-0.15, -0.1) is 0 Å². The molecule has 0 saturated heterocycles. The molecule has 3 rings (SSSR count). The number of hydrogen-bond acceptors (Lipinski definition) is 2. The first-order chi connectivity index (χ1) is 7.95.